The zero-order valence-electron chi connectivity index (χ0n) is 2.46. The van der Waals surface area contributed by atoms with Gasteiger partial charge in [0.05, 0.1) is 0 Å². The number of thiol groups is 1. The molecule has 0 bridgehead atoms. The smallest absolute Gasteiger partial charge is 0.119 e. The predicted molar refractivity (Wildman–Crippen MR) is 31.6 cm³/mol. The standard InChI is InChI=1S/H5N2PS2/c1-3(2,4)5/h(H5,1,2,4,5). The van der Waals surface area contributed by atoms with Gasteiger partial charge in [0.15, 0.2) is 0 Å². The lowest BCUT2D eigenvalue weighted by Gasteiger charge is -1.92. The molecule has 0 aliphatic rings. The number of hydrogen-bond acceptors (Lipinski definition) is 1. The Morgan fingerprint density at radius 2 is 1.60 bits per heavy atom. The van der Waals surface area contributed by atoms with Gasteiger partial charge < -0.3 is 0 Å². The summed E-state index contributed by atoms with van der Waals surface area (Å²) in [6, 6.07) is 0. The molecule has 0 saturated carbocycles. The van der Waals surface area contributed by atoms with Crippen LogP contribution in [-0.2, 0) is 11.8 Å². The van der Waals surface area contributed by atoms with Crippen molar-refractivity contribution in [3.63, 3.8) is 0 Å². The maximum Gasteiger partial charge on any atom is 0.119 e. The highest BCUT2D eigenvalue weighted by Gasteiger charge is 1.84. The Balaban J connectivity index is 3.47. The molecule has 0 fully saturated rings. The fourth-order valence-corrected chi connectivity index (χ4v) is 0. The predicted octanol–water partition coefficient (Wildman–Crippen LogP) is 0.0581. The molecule has 0 heterocycles. The van der Waals surface area contributed by atoms with Gasteiger partial charge in [0, 0.05) is 0 Å². The van der Waals surface area contributed by atoms with Crippen LogP contribution in [0, 0.1) is 0 Å². The monoisotopic (exact) mass is 128 g/mol. The van der Waals surface area contributed by atoms with Gasteiger partial charge in [-0.05, 0) is 0 Å². The Morgan fingerprint density at radius 1 is 1.60 bits per heavy atom. The number of rotatable bonds is 0. The van der Waals surface area contributed by atoms with Gasteiger partial charge in [0.1, 0.15) is 5.54 Å². The fourth-order valence-electron chi connectivity index (χ4n) is 0. The highest BCUT2D eigenvalue weighted by molar-refractivity contribution is 8.61. The molecule has 0 spiro atoms. The van der Waals surface area contributed by atoms with Crippen molar-refractivity contribution in [2.24, 2.45) is 11.0 Å². The number of nitrogens with two attached hydrogens (primary N) is 2. The van der Waals surface area contributed by atoms with E-state index in [2.05, 4.69) is 24.1 Å². The summed E-state index contributed by atoms with van der Waals surface area (Å²) in [4.78, 5) is 0. The molecule has 5 heteroatoms. The van der Waals surface area contributed by atoms with Gasteiger partial charge in [-0.1, -0.05) is 11.8 Å². The summed E-state index contributed by atoms with van der Waals surface area (Å²) in [6.07, 6.45) is 0. The Hall–Kier alpha value is 0.920. The molecular formula is H5N2PS2. The third kappa shape index (κ3) is 49.6. The van der Waals surface area contributed by atoms with E-state index in [1.807, 2.05) is 0 Å². The Morgan fingerprint density at radius 3 is 1.60 bits per heavy atom. The van der Waals surface area contributed by atoms with Crippen molar-refractivity contribution in [3.05, 3.63) is 0 Å². The molecule has 0 aromatic carbocycles. The van der Waals surface area contributed by atoms with Crippen molar-refractivity contribution >= 4 is 29.6 Å². The Bertz CT molecular complexity index is 53.8. The first-order valence-electron chi connectivity index (χ1n) is 0.899. The van der Waals surface area contributed by atoms with Crippen LogP contribution in [-0.4, -0.2) is 0 Å². The average molecular weight is 128 g/mol. The summed E-state index contributed by atoms with van der Waals surface area (Å²) in [5.41, 5.74) is 7.73. The molecule has 0 aliphatic heterocycles. The molecule has 0 aliphatic carbocycles. The first kappa shape index (κ1) is 5.92. The molecule has 0 rings (SSSR count). The molecule has 0 radical (unpaired) electrons. The van der Waals surface area contributed by atoms with E-state index < -0.39 is 5.54 Å². The lowest BCUT2D eigenvalue weighted by Crippen LogP contribution is -1.94. The van der Waals surface area contributed by atoms with Crippen LogP contribution in [0.4, 0.5) is 0 Å². The molecule has 0 unspecified atom stereocenters. The molecule has 0 aromatic rings. The third-order valence-electron chi connectivity index (χ3n) is 0. The van der Waals surface area contributed by atoms with E-state index in [1.54, 1.807) is 0 Å². The topological polar surface area (TPSA) is 52.0 Å². The van der Waals surface area contributed by atoms with Crippen molar-refractivity contribution < 1.29 is 0 Å². The van der Waals surface area contributed by atoms with Crippen LogP contribution in [0.2, 0.25) is 0 Å². The lowest BCUT2D eigenvalue weighted by molar-refractivity contribution is 1.85. The quantitative estimate of drug-likeness (QED) is 0.319. The van der Waals surface area contributed by atoms with Crippen LogP contribution < -0.4 is 11.0 Å². The third-order valence-corrected chi connectivity index (χ3v) is 0. The fraction of sp³-hybridized carbons (Fsp3) is 0. The van der Waals surface area contributed by atoms with Crippen LogP contribution in [0.25, 0.3) is 0 Å². The molecule has 2 nitrogen and oxygen atoms in total. The van der Waals surface area contributed by atoms with Crippen LogP contribution in [0.15, 0.2) is 0 Å². The zero-order valence-corrected chi connectivity index (χ0v) is 5.06. The minimum atomic E-state index is -2.11. The average Bonchev–Trinajstić information content (AvgIpc) is 0.722. The van der Waals surface area contributed by atoms with E-state index in [1.165, 1.54) is 0 Å². The van der Waals surface area contributed by atoms with Gasteiger partial charge in [0.25, 0.3) is 0 Å². The Labute approximate surface area is 41.2 Å². The van der Waals surface area contributed by atoms with E-state index in [0.717, 1.165) is 0 Å². The van der Waals surface area contributed by atoms with Crippen molar-refractivity contribution in [1.82, 2.24) is 0 Å². The first-order chi connectivity index (χ1) is 2.00. The zero-order chi connectivity index (χ0) is 4.50. The van der Waals surface area contributed by atoms with Crippen LogP contribution in [0.5, 0.6) is 0 Å². The van der Waals surface area contributed by atoms with Crippen LogP contribution in [0.3, 0.4) is 0 Å². The molecule has 0 atom stereocenters. The van der Waals surface area contributed by atoms with Crippen molar-refractivity contribution in [2.45, 2.75) is 0 Å². The van der Waals surface area contributed by atoms with Gasteiger partial charge >= 0.3 is 0 Å². The first-order valence-corrected chi connectivity index (χ1v) is 4.99. The molecule has 4 N–H and O–H groups in total. The second-order valence-electron chi connectivity index (χ2n) is 0.672. The SMILES string of the molecule is NP(N)(=S)S. The summed E-state index contributed by atoms with van der Waals surface area (Å²) in [5.74, 6) is 0. The van der Waals surface area contributed by atoms with E-state index in [4.69, 9.17) is 11.0 Å². The van der Waals surface area contributed by atoms with Gasteiger partial charge in [0.2, 0.25) is 0 Å². The summed E-state index contributed by atoms with van der Waals surface area (Å²) in [5, 5.41) is 0. The molecule has 5 heavy (non-hydrogen) atoms. The summed E-state index contributed by atoms with van der Waals surface area (Å²) >= 11 is 7.96. The van der Waals surface area contributed by atoms with Gasteiger partial charge in [-0.2, -0.15) is 0 Å². The number of hydrogen-bond donors (Lipinski definition) is 3. The van der Waals surface area contributed by atoms with E-state index in [-0.39, 0.29) is 0 Å². The second kappa shape index (κ2) is 1.58. The largest absolute Gasteiger partial charge is 0.284 e. The second-order valence-corrected chi connectivity index (χ2v) is 6.63. The van der Waals surface area contributed by atoms with Crippen LogP contribution >= 0.6 is 17.8 Å². The normalized spacial score (nSPS) is 11.8. The minimum absolute atomic E-state index is 2.11. The molecule has 0 amide bonds. The van der Waals surface area contributed by atoms with Crippen molar-refractivity contribution in [3.8, 4) is 0 Å². The summed E-state index contributed by atoms with van der Waals surface area (Å²) in [7, 11) is 0. The maximum atomic E-state index is 4.92. The summed E-state index contributed by atoms with van der Waals surface area (Å²) in [6.45, 7) is 0. The van der Waals surface area contributed by atoms with E-state index in [0.29, 0.717) is 0 Å². The van der Waals surface area contributed by atoms with Crippen molar-refractivity contribution in [1.29, 1.82) is 0 Å². The van der Waals surface area contributed by atoms with Gasteiger partial charge in [-0.3, -0.25) is 11.0 Å². The van der Waals surface area contributed by atoms with Crippen LogP contribution in [0.1, 0.15) is 0 Å². The maximum absolute atomic E-state index is 4.92. The minimum Gasteiger partial charge on any atom is -0.284 e. The highest BCUT2D eigenvalue weighted by atomic mass is 32.9. The molecule has 0 aromatic heterocycles. The van der Waals surface area contributed by atoms with Crippen molar-refractivity contribution in [2.75, 3.05) is 0 Å². The van der Waals surface area contributed by atoms with Gasteiger partial charge in [-0.25, -0.2) is 0 Å². The lowest BCUT2D eigenvalue weighted by atomic mass is 13.9. The van der Waals surface area contributed by atoms with E-state index in [9.17, 15) is 0 Å². The Kier molecular flexibility index (Phi) is 1.87. The van der Waals surface area contributed by atoms with Gasteiger partial charge in [-0.15, -0.1) is 12.2 Å². The molecule has 32 valence electrons. The molecular weight excluding hydrogens is 123 g/mol. The highest BCUT2D eigenvalue weighted by Crippen LogP contribution is 2.29. The summed E-state index contributed by atoms with van der Waals surface area (Å²) < 4.78 is 0. The van der Waals surface area contributed by atoms with E-state index >= 15 is 0 Å². The molecule has 0 saturated heterocycles.